The van der Waals surface area contributed by atoms with Gasteiger partial charge in [-0.05, 0) is 25.3 Å². The number of carbonyl (C=O) groups excluding carboxylic acids is 1. The zero-order chi connectivity index (χ0) is 14.3. The van der Waals surface area contributed by atoms with Crippen LogP contribution >= 0.6 is 0 Å². The van der Waals surface area contributed by atoms with Crippen molar-refractivity contribution in [2.45, 2.75) is 25.4 Å². The predicted molar refractivity (Wildman–Crippen MR) is 73.5 cm³/mol. The van der Waals surface area contributed by atoms with Crippen molar-refractivity contribution in [1.29, 1.82) is 0 Å². The summed E-state index contributed by atoms with van der Waals surface area (Å²) in [5, 5.41) is 14.4. The van der Waals surface area contributed by atoms with Crippen LogP contribution in [0.25, 0.3) is 0 Å². The van der Waals surface area contributed by atoms with Crippen molar-refractivity contribution in [3.63, 3.8) is 0 Å². The van der Waals surface area contributed by atoms with E-state index in [1.54, 1.807) is 18.2 Å². The number of rotatable bonds is 2. The summed E-state index contributed by atoms with van der Waals surface area (Å²) >= 11 is 0. The summed E-state index contributed by atoms with van der Waals surface area (Å²) in [5.41, 5.74) is 0.0796. The minimum absolute atomic E-state index is 0.112. The lowest BCUT2D eigenvalue weighted by molar-refractivity contribution is -0.385. The highest BCUT2D eigenvalue weighted by atomic mass is 16.6. The predicted octanol–water partition coefficient (Wildman–Crippen LogP) is 1.42. The summed E-state index contributed by atoms with van der Waals surface area (Å²) in [5.74, 6) is 0.248. The Labute approximate surface area is 116 Å². The van der Waals surface area contributed by atoms with Gasteiger partial charge in [0, 0.05) is 31.2 Å². The lowest BCUT2D eigenvalue weighted by Crippen LogP contribution is -2.42. The van der Waals surface area contributed by atoms with Crippen molar-refractivity contribution in [3.05, 3.63) is 39.9 Å². The number of hydrogen-bond acceptors (Lipinski definition) is 4. The topological polar surface area (TPSA) is 75.5 Å². The fourth-order valence-electron chi connectivity index (χ4n) is 3.47. The quantitative estimate of drug-likeness (QED) is 0.654. The molecule has 1 amide bonds. The van der Waals surface area contributed by atoms with Gasteiger partial charge in [-0.1, -0.05) is 12.1 Å². The van der Waals surface area contributed by atoms with Crippen LogP contribution < -0.4 is 5.32 Å². The fourth-order valence-corrected chi connectivity index (χ4v) is 3.47. The molecule has 3 atom stereocenters. The Balaban J connectivity index is 1.95. The Morgan fingerprint density at radius 1 is 1.40 bits per heavy atom. The van der Waals surface area contributed by atoms with E-state index >= 15 is 0 Å². The van der Waals surface area contributed by atoms with Gasteiger partial charge in [0.2, 0.25) is 0 Å². The number of fused-ring (bicyclic) bond motifs is 1. The molecule has 0 radical (unpaired) electrons. The number of nitrogens with one attached hydrogen (secondary N) is 1. The molecule has 106 valence electrons. The molecule has 2 saturated heterocycles. The second-order valence-electron chi connectivity index (χ2n) is 5.56. The third-order valence-corrected chi connectivity index (χ3v) is 4.35. The van der Waals surface area contributed by atoms with E-state index in [2.05, 4.69) is 5.32 Å². The van der Waals surface area contributed by atoms with Crippen LogP contribution in [-0.4, -0.2) is 40.9 Å². The van der Waals surface area contributed by atoms with E-state index in [1.165, 1.54) is 6.07 Å². The first kappa shape index (κ1) is 13.1. The molecule has 6 nitrogen and oxygen atoms in total. The molecule has 6 heteroatoms. The van der Waals surface area contributed by atoms with Crippen LogP contribution in [-0.2, 0) is 0 Å². The van der Waals surface area contributed by atoms with E-state index in [4.69, 9.17) is 0 Å². The third-order valence-electron chi connectivity index (χ3n) is 4.35. The van der Waals surface area contributed by atoms with Gasteiger partial charge in [0.05, 0.1) is 4.92 Å². The summed E-state index contributed by atoms with van der Waals surface area (Å²) in [6, 6.07) is 6.49. The summed E-state index contributed by atoms with van der Waals surface area (Å²) in [6.07, 6.45) is 0.962. The number of carbonyl (C=O) groups is 1. The van der Waals surface area contributed by atoms with Gasteiger partial charge in [0.1, 0.15) is 5.56 Å². The van der Waals surface area contributed by atoms with Gasteiger partial charge >= 0.3 is 0 Å². The van der Waals surface area contributed by atoms with E-state index in [0.29, 0.717) is 5.92 Å². The second kappa shape index (κ2) is 4.86. The van der Waals surface area contributed by atoms with E-state index in [1.807, 2.05) is 11.8 Å². The van der Waals surface area contributed by atoms with E-state index in [0.717, 1.165) is 19.5 Å². The van der Waals surface area contributed by atoms with Crippen molar-refractivity contribution in [2.24, 2.45) is 5.92 Å². The highest BCUT2D eigenvalue weighted by molar-refractivity contribution is 5.98. The number of nitrogens with zero attached hydrogens (tertiary/aromatic N) is 2. The summed E-state index contributed by atoms with van der Waals surface area (Å²) in [6.45, 7) is 3.72. The number of hydrogen-bond donors (Lipinski definition) is 1. The van der Waals surface area contributed by atoms with Crippen LogP contribution in [0.15, 0.2) is 24.3 Å². The van der Waals surface area contributed by atoms with E-state index in [-0.39, 0.29) is 29.2 Å². The fraction of sp³-hybridized carbons (Fsp3) is 0.500. The summed E-state index contributed by atoms with van der Waals surface area (Å²) in [4.78, 5) is 25.1. The number of benzene rings is 1. The SMILES string of the molecule is CC1CC2CNCC2N1C(=O)c1ccccc1[N+](=O)[O-]. The van der Waals surface area contributed by atoms with Crippen LogP contribution in [0.3, 0.4) is 0 Å². The monoisotopic (exact) mass is 275 g/mol. The Morgan fingerprint density at radius 3 is 2.90 bits per heavy atom. The number of nitro benzene ring substituents is 1. The molecule has 0 saturated carbocycles. The first-order valence-electron chi connectivity index (χ1n) is 6.86. The van der Waals surface area contributed by atoms with Crippen molar-refractivity contribution in [2.75, 3.05) is 13.1 Å². The largest absolute Gasteiger partial charge is 0.331 e. The number of likely N-dealkylation sites (tertiary alicyclic amines) is 1. The normalized spacial score (nSPS) is 28.4. The van der Waals surface area contributed by atoms with Gasteiger partial charge in [-0.3, -0.25) is 14.9 Å². The van der Waals surface area contributed by atoms with Crippen LogP contribution in [0.4, 0.5) is 5.69 Å². The number of amides is 1. The average Bonchev–Trinajstić information content (AvgIpc) is 2.97. The van der Waals surface area contributed by atoms with Crippen molar-refractivity contribution >= 4 is 11.6 Å². The molecule has 0 bridgehead atoms. The molecule has 2 heterocycles. The first-order chi connectivity index (χ1) is 9.59. The lowest BCUT2D eigenvalue weighted by atomic mass is 10.0. The Kier molecular flexibility index (Phi) is 3.17. The maximum absolute atomic E-state index is 12.7. The first-order valence-corrected chi connectivity index (χ1v) is 6.86. The molecule has 2 aliphatic rings. The van der Waals surface area contributed by atoms with E-state index in [9.17, 15) is 14.9 Å². The Morgan fingerprint density at radius 2 is 2.15 bits per heavy atom. The van der Waals surface area contributed by atoms with Gasteiger partial charge in [0.25, 0.3) is 11.6 Å². The van der Waals surface area contributed by atoms with Gasteiger partial charge in [-0.25, -0.2) is 0 Å². The minimum Gasteiger partial charge on any atom is -0.331 e. The second-order valence-corrected chi connectivity index (χ2v) is 5.56. The van der Waals surface area contributed by atoms with Crippen molar-refractivity contribution < 1.29 is 9.72 Å². The molecule has 2 aliphatic heterocycles. The molecule has 3 rings (SSSR count). The minimum atomic E-state index is -0.488. The number of para-hydroxylation sites is 1. The van der Waals surface area contributed by atoms with Crippen LogP contribution in [0.5, 0.6) is 0 Å². The smallest absolute Gasteiger partial charge is 0.282 e. The molecular formula is C14H17N3O3. The van der Waals surface area contributed by atoms with Crippen LogP contribution in [0.1, 0.15) is 23.7 Å². The molecule has 1 aromatic rings. The Hall–Kier alpha value is -1.95. The van der Waals surface area contributed by atoms with Gasteiger partial charge < -0.3 is 10.2 Å². The molecule has 0 aliphatic carbocycles. The standard InChI is InChI=1S/C14H17N3O3/c1-9-6-10-7-15-8-13(10)16(9)14(18)11-4-2-3-5-12(11)17(19)20/h2-5,9-10,13,15H,6-8H2,1H3. The zero-order valence-corrected chi connectivity index (χ0v) is 11.3. The third kappa shape index (κ3) is 1.96. The van der Waals surface area contributed by atoms with Crippen molar-refractivity contribution in [3.8, 4) is 0 Å². The van der Waals surface area contributed by atoms with E-state index < -0.39 is 4.92 Å². The molecule has 1 aromatic carbocycles. The molecule has 20 heavy (non-hydrogen) atoms. The highest BCUT2D eigenvalue weighted by Crippen LogP contribution is 2.34. The van der Waals surface area contributed by atoms with Crippen LogP contribution in [0, 0.1) is 16.0 Å². The average molecular weight is 275 g/mol. The van der Waals surface area contributed by atoms with Gasteiger partial charge in [-0.15, -0.1) is 0 Å². The number of nitro groups is 1. The molecule has 1 N–H and O–H groups in total. The van der Waals surface area contributed by atoms with Gasteiger partial charge in [-0.2, -0.15) is 0 Å². The molecule has 3 unspecified atom stereocenters. The summed E-state index contributed by atoms with van der Waals surface area (Å²) < 4.78 is 0. The molecular weight excluding hydrogens is 258 g/mol. The van der Waals surface area contributed by atoms with Gasteiger partial charge in [0.15, 0.2) is 0 Å². The maximum atomic E-state index is 12.7. The molecule has 0 spiro atoms. The zero-order valence-electron chi connectivity index (χ0n) is 11.3. The van der Waals surface area contributed by atoms with Crippen LogP contribution in [0.2, 0.25) is 0 Å². The lowest BCUT2D eigenvalue weighted by Gasteiger charge is -2.27. The Bertz CT molecular complexity index is 560. The highest BCUT2D eigenvalue weighted by Gasteiger charge is 2.45. The maximum Gasteiger partial charge on any atom is 0.282 e. The summed E-state index contributed by atoms with van der Waals surface area (Å²) in [7, 11) is 0. The molecule has 2 fully saturated rings. The van der Waals surface area contributed by atoms with Crippen molar-refractivity contribution in [1.82, 2.24) is 10.2 Å². The molecule has 0 aromatic heterocycles.